The van der Waals surface area contributed by atoms with Crippen LogP contribution in [-0.4, -0.2) is 22.7 Å². The van der Waals surface area contributed by atoms with E-state index >= 15 is 0 Å². The molecule has 0 amide bonds. The molecule has 1 atom stereocenters. The Hall–Kier alpha value is -0.450. The van der Waals surface area contributed by atoms with Crippen molar-refractivity contribution in [3.63, 3.8) is 0 Å². The normalized spacial score (nSPS) is 12.9. The summed E-state index contributed by atoms with van der Waals surface area (Å²) in [5.74, 6) is 0. The van der Waals surface area contributed by atoms with E-state index in [9.17, 15) is 5.11 Å². The maximum atomic E-state index is 9.22. The van der Waals surface area contributed by atoms with Gasteiger partial charge in [-0.05, 0) is 27.6 Å². The van der Waals surface area contributed by atoms with Crippen LogP contribution < -0.4 is 5.73 Å². The van der Waals surface area contributed by atoms with Crippen molar-refractivity contribution in [3.8, 4) is 0 Å². The topological polar surface area (TPSA) is 59.1 Å². The largest absolute Gasteiger partial charge is 0.391 e. The molecule has 0 aliphatic heterocycles. The van der Waals surface area contributed by atoms with Crippen LogP contribution in [0.25, 0.3) is 0 Å². The van der Waals surface area contributed by atoms with Crippen LogP contribution in [-0.2, 0) is 6.42 Å². The molecule has 1 heterocycles. The SMILES string of the molecule is NCC(O)Cc1ccc(Br)nc1. The minimum atomic E-state index is -0.465. The van der Waals surface area contributed by atoms with Crippen molar-refractivity contribution in [1.82, 2.24) is 4.98 Å². The highest BCUT2D eigenvalue weighted by atomic mass is 79.9. The molecule has 0 fully saturated rings. The fourth-order valence-electron chi connectivity index (χ4n) is 0.883. The van der Waals surface area contributed by atoms with E-state index in [2.05, 4.69) is 20.9 Å². The fraction of sp³-hybridized carbons (Fsp3) is 0.375. The molecular weight excluding hydrogens is 220 g/mol. The van der Waals surface area contributed by atoms with Crippen molar-refractivity contribution < 1.29 is 5.11 Å². The van der Waals surface area contributed by atoms with Crippen LogP contribution >= 0.6 is 15.9 Å². The van der Waals surface area contributed by atoms with E-state index in [1.807, 2.05) is 12.1 Å². The molecule has 4 heteroatoms. The van der Waals surface area contributed by atoms with Crippen LogP contribution in [0.15, 0.2) is 22.9 Å². The molecule has 1 aromatic heterocycles. The highest BCUT2D eigenvalue weighted by Gasteiger charge is 2.02. The summed E-state index contributed by atoms with van der Waals surface area (Å²) in [6.45, 7) is 0.288. The zero-order chi connectivity index (χ0) is 8.97. The van der Waals surface area contributed by atoms with Crippen LogP contribution in [0.3, 0.4) is 0 Å². The molecule has 66 valence electrons. The lowest BCUT2D eigenvalue weighted by molar-refractivity contribution is 0.183. The number of nitrogens with zero attached hydrogens (tertiary/aromatic N) is 1. The van der Waals surface area contributed by atoms with Crippen molar-refractivity contribution in [2.24, 2.45) is 5.73 Å². The summed E-state index contributed by atoms with van der Waals surface area (Å²) < 4.78 is 0.800. The fourth-order valence-corrected chi connectivity index (χ4v) is 1.12. The minimum Gasteiger partial charge on any atom is -0.391 e. The highest BCUT2D eigenvalue weighted by Crippen LogP contribution is 2.07. The predicted molar refractivity (Wildman–Crippen MR) is 50.7 cm³/mol. The van der Waals surface area contributed by atoms with Gasteiger partial charge < -0.3 is 10.8 Å². The Labute approximate surface area is 79.7 Å². The first-order valence-corrected chi connectivity index (χ1v) is 4.50. The summed E-state index contributed by atoms with van der Waals surface area (Å²) >= 11 is 3.23. The van der Waals surface area contributed by atoms with Gasteiger partial charge in [0.05, 0.1) is 6.10 Å². The number of aliphatic hydroxyl groups excluding tert-OH is 1. The molecule has 0 saturated carbocycles. The van der Waals surface area contributed by atoms with Crippen molar-refractivity contribution in [3.05, 3.63) is 28.5 Å². The summed E-state index contributed by atoms with van der Waals surface area (Å²) in [4.78, 5) is 4.03. The number of hydrogen-bond acceptors (Lipinski definition) is 3. The molecular formula is C8H11BrN2O. The number of aromatic nitrogens is 1. The van der Waals surface area contributed by atoms with Crippen LogP contribution in [0.2, 0.25) is 0 Å². The van der Waals surface area contributed by atoms with Crippen LogP contribution in [0, 0.1) is 0 Å². The average Bonchev–Trinajstić information content (AvgIpc) is 2.09. The summed E-state index contributed by atoms with van der Waals surface area (Å²) in [5, 5.41) is 9.22. The number of nitrogens with two attached hydrogens (primary N) is 1. The molecule has 0 bridgehead atoms. The van der Waals surface area contributed by atoms with Gasteiger partial charge in [0.15, 0.2) is 0 Å². The van der Waals surface area contributed by atoms with Gasteiger partial charge in [0, 0.05) is 19.2 Å². The number of halogens is 1. The third-order valence-corrected chi connectivity index (χ3v) is 2.00. The Bertz CT molecular complexity index is 237. The van der Waals surface area contributed by atoms with Gasteiger partial charge in [-0.1, -0.05) is 6.07 Å². The molecule has 1 unspecified atom stereocenters. The monoisotopic (exact) mass is 230 g/mol. The second-order valence-electron chi connectivity index (χ2n) is 2.58. The number of hydrogen-bond donors (Lipinski definition) is 2. The summed E-state index contributed by atoms with van der Waals surface area (Å²) in [5.41, 5.74) is 6.27. The van der Waals surface area contributed by atoms with Crippen molar-refractivity contribution in [1.29, 1.82) is 0 Å². The van der Waals surface area contributed by atoms with E-state index in [0.29, 0.717) is 6.42 Å². The molecule has 1 aromatic rings. The molecule has 3 nitrogen and oxygen atoms in total. The maximum Gasteiger partial charge on any atom is 0.106 e. The van der Waals surface area contributed by atoms with Gasteiger partial charge in [-0.15, -0.1) is 0 Å². The van der Waals surface area contributed by atoms with Crippen molar-refractivity contribution >= 4 is 15.9 Å². The van der Waals surface area contributed by atoms with Crippen LogP contribution in [0.1, 0.15) is 5.56 Å². The lowest BCUT2D eigenvalue weighted by Crippen LogP contribution is -2.21. The van der Waals surface area contributed by atoms with Crippen LogP contribution in [0.5, 0.6) is 0 Å². The van der Waals surface area contributed by atoms with Gasteiger partial charge in [-0.25, -0.2) is 4.98 Å². The smallest absolute Gasteiger partial charge is 0.106 e. The zero-order valence-electron chi connectivity index (χ0n) is 6.57. The molecule has 0 aliphatic rings. The Morgan fingerprint density at radius 3 is 2.83 bits per heavy atom. The first kappa shape index (κ1) is 9.64. The Balaban J connectivity index is 2.58. The second kappa shape index (κ2) is 4.54. The zero-order valence-corrected chi connectivity index (χ0v) is 8.16. The number of rotatable bonds is 3. The Morgan fingerprint density at radius 2 is 2.33 bits per heavy atom. The molecule has 0 radical (unpaired) electrons. The van der Waals surface area contributed by atoms with E-state index in [1.165, 1.54) is 0 Å². The third kappa shape index (κ3) is 2.89. The van der Waals surface area contributed by atoms with Gasteiger partial charge in [0.2, 0.25) is 0 Å². The van der Waals surface area contributed by atoms with E-state index in [4.69, 9.17) is 5.73 Å². The van der Waals surface area contributed by atoms with Crippen molar-refractivity contribution in [2.75, 3.05) is 6.54 Å². The van der Waals surface area contributed by atoms with Gasteiger partial charge in [-0.2, -0.15) is 0 Å². The minimum absolute atomic E-state index is 0.288. The third-order valence-electron chi connectivity index (χ3n) is 1.53. The number of aliphatic hydroxyl groups is 1. The standard InChI is InChI=1S/C8H11BrN2O/c9-8-2-1-6(5-11-8)3-7(12)4-10/h1-2,5,7,12H,3-4,10H2. The van der Waals surface area contributed by atoms with Gasteiger partial charge in [0.1, 0.15) is 4.60 Å². The molecule has 12 heavy (non-hydrogen) atoms. The lowest BCUT2D eigenvalue weighted by atomic mass is 10.1. The van der Waals surface area contributed by atoms with E-state index < -0.39 is 6.10 Å². The summed E-state index contributed by atoms with van der Waals surface area (Å²) in [7, 11) is 0. The predicted octanol–water partition coefficient (Wildman–Crippen LogP) is 0.706. The molecule has 0 spiro atoms. The average molecular weight is 231 g/mol. The number of pyridine rings is 1. The molecule has 0 saturated heterocycles. The second-order valence-corrected chi connectivity index (χ2v) is 3.40. The molecule has 0 aliphatic carbocycles. The first-order valence-electron chi connectivity index (χ1n) is 3.71. The summed E-state index contributed by atoms with van der Waals surface area (Å²) in [6, 6.07) is 3.76. The van der Waals surface area contributed by atoms with Gasteiger partial charge in [-0.3, -0.25) is 0 Å². The molecule has 3 N–H and O–H groups in total. The van der Waals surface area contributed by atoms with Gasteiger partial charge in [0.25, 0.3) is 0 Å². The quantitative estimate of drug-likeness (QED) is 0.753. The van der Waals surface area contributed by atoms with Crippen molar-refractivity contribution in [2.45, 2.75) is 12.5 Å². The van der Waals surface area contributed by atoms with E-state index in [0.717, 1.165) is 10.2 Å². The van der Waals surface area contributed by atoms with E-state index in [-0.39, 0.29) is 6.54 Å². The lowest BCUT2D eigenvalue weighted by Gasteiger charge is -2.06. The van der Waals surface area contributed by atoms with E-state index in [1.54, 1.807) is 6.20 Å². The Morgan fingerprint density at radius 1 is 1.58 bits per heavy atom. The maximum absolute atomic E-state index is 9.22. The summed E-state index contributed by atoms with van der Waals surface area (Å²) in [6.07, 6.45) is 1.83. The van der Waals surface area contributed by atoms with Crippen LogP contribution in [0.4, 0.5) is 0 Å². The Kier molecular flexibility index (Phi) is 3.65. The highest BCUT2D eigenvalue weighted by molar-refractivity contribution is 9.10. The molecule has 1 rings (SSSR count). The van der Waals surface area contributed by atoms with Gasteiger partial charge >= 0.3 is 0 Å². The first-order chi connectivity index (χ1) is 5.72. The molecule has 0 aromatic carbocycles.